The van der Waals surface area contributed by atoms with Gasteiger partial charge in [0.25, 0.3) is 0 Å². The Labute approximate surface area is 151 Å². The van der Waals surface area contributed by atoms with Crippen molar-refractivity contribution in [1.29, 1.82) is 0 Å². The molecule has 1 aromatic heterocycles. The lowest BCUT2D eigenvalue weighted by Gasteiger charge is -2.07. The largest absolute Gasteiger partial charge is 0.352 e. The second-order valence-corrected chi connectivity index (χ2v) is 6.10. The molecule has 2 aromatic carbocycles. The third kappa shape index (κ3) is 4.45. The van der Waals surface area contributed by atoms with Gasteiger partial charge in [0.15, 0.2) is 0 Å². The molecule has 25 heavy (non-hydrogen) atoms. The quantitative estimate of drug-likeness (QED) is 0.727. The maximum absolute atomic E-state index is 12.0. The van der Waals surface area contributed by atoms with Crippen LogP contribution in [-0.2, 0) is 17.8 Å². The van der Waals surface area contributed by atoms with E-state index in [4.69, 9.17) is 16.1 Å². The Balaban J connectivity index is 1.53. The summed E-state index contributed by atoms with van der Waals surface area (Å²) in [5, 5.41) is 7.40. The van der Waals surface area contributed by atoms with Crippen LogP contribution in [0.3, 0.4) is 0 Å². The molecular formula is C19H18ClN3O2. The molecule has 0 saturated carbocycles. The number of aromatic nitrogens is 2. The second-order valence-electron chi connectivity index (χ2n) is 5.69. The molecule has 0 spiro atoms. The van der Waals surface area contributed by atoms with Gasteiger partial charge in [-0.05, 0) is 30.2 Å². The van der Waals surface area contributed by atoms with Gasteiger partial charge in [0.1, 0.15) is 0 Å². The molecule has 0 unspecified atom stereocenters. The number of carbonyl (C=O) groups excluding carboxylic acids is 1. The predicted molar refractivity (Wildman–Crippen MR) is 96.1 cm³/mol. The summed E-state index contributed by atoms with van der Waals surface area (Å²) < 4.78 is 5.21. The number of hydrogen-bond donors (Lipinski definition) is 1. The molecule has 6 heteroatoms. The van der Waals surface area contributed by atoms with Gasteiger partial charge < -0.3 is 9.84 Å². The summed E-state index contributed by atoms with van der Waals surface area (Å²) in [4.78, 5) is 16.3. The number of benzene rings is 2. The molecule has 0 radical (unpaired) electrons. The van der Waals surface area contributed by atoms with Crippen LogP contribution in [0.4, 0.5) is 0 Å². The fourth-order valence-corrected chi connectivity index (χ4v) is 2.64. The van der Waals surface area contributed by atoms with E-state index in [1.807, 2.05) is 49.4 Å². The molecule has 0 aliphatic heterocycles. The summed E-state index contributed by atoms with van der Waals surface area (Å²) in [6.07, 6.45) is 0.674. The molecule has 0 atom stereocenters. The van der Waals surface area contributed by atoms with Crippen LogP contribution in [0.5, 0.6) is 0 Å². The van der Waals surface area contributed by atoms with Crippen LogP contribution in [0.15, 0.2) is 53.1 Å². The monoisotopic (exact) mass is 355 g/mol. The standard InChI is InChI=1S/C19H18ClN3O2/c1-13-6-2-3-7-14(13)12-21-17(24)10-11-18-22-19(23-25-18)15-8-4-5-9-16(15)20/h2-9H,10-12H2,1H3,(H,21,24). The molecule has 0 saturated heterocycles. The Kier molecular flexibility index (Phi) is 5.46. The summed E-state index contributed by atoms with van der Waals surface area (Å²) in [5.74, 6) is 0.794. The van der Waals surface area contributed by atoms with Crippen LogP contribution >= 0.6 is 11.6 Å². The average molecular weight is 356 g/mol. The highest BCUT2D eigenvalue weighted by molar-refractivity contribution is 6.33. The van der Waals surface area contributed by atoms with Gasteiger partial charge in [0.05, 0.1) is 5.02 Å². The van der Waals surface area contributed by atoms with E-state index in [2.05, 4.69) is 15.5 Å². The predicted octanol–water partition coefficient (Wildman–Crippen LogP) is 3.95. The maximum Gasteiger partial charge on any atom is 0.227 e. The third-order valence-electron chi connectivity index (χ3n) is 3.89. The molecule has 0 bridgehead atoms. The van der Waals surface area contributed by atoms with E-state index in [0.29, 0.717) is 35.3 Å². The highest BCUT2D eigenvalue weighted by Crippen LogP contribution is 2.24. The van der Waals surface area contributed by atoms with Crippen molar-refractivity contribution in [3.05, 3.63) is 70.6 Å². The molecular weight excluding hydrogens is 338 g/mol. The van der Waals surface area contributed by atoms with Crippen LogP contribution in [0, 0.1) is 6.92 Å². The van der Waals surface area contributed by atoms with E-state index in [1.165, 1.54) is 0 Å². The van der Waals surface area contributed by atoms with Crippen LogP contribution in [0.2, 0.25) is 5.02 Å². The van der Waals surface area contributed by atoms with E-state index < -0.39 is 0 Å². The highest BCUT2D eigenvalue weighted by atomic mass is 35.5. The lowest BCUT2D eigenvalue weighted by molar-refractivity contribution is -0.121. The number of hydrogen-bond acceptors (Lipinski definition) is 4. The van der Waals surface area contributed by atoms with E-state index in [-0.39, 0.29) is 12.3 Å². The van der Waals surface area contributed by atoms with Gasteiger partial charge in [-0.1, -0.05) is 53.2 Å². The molecule has 128 valence electrons. The third-order valence-corrected chi connectivity index (χ3v) is 4.22. The zero-order valence-electron chi connectivity index (χ0n) is 13.8. The molecule has 1 heterocycles. The smallest absolute Gasteiger partial charge is 0.227 e. The van der Waals surface area contributed by atoms with Crippen molar-refractivity contribution in [2.45, 2.75) is 26.3 Å². The Morgan fingerprint density at radius 2 is 1.92 bits per heavy atom. The van der Waals surface area contributed by atoms with Gasteiger partial charge in [-0.25, -0.2) is 0 Å². The van der Waals surface area contributed by atoms with Crippen molar-refractivity contribution in [1.82, 2.24) is 15.5 Å². The molecule has 0 aliphatic rings. The Morgan fingerprint density at radius 1 is 1.16 bits per heavy atom. The highest BCUT2D eigenvalue weighted by Gasteiger charge is 2.12. The Bertz CT molecular complexity index is 876. The minimum Gasteiger partial charge on any atom is -0.352 e. The van der Waals surface area contributed by atoms with Crippen LogP contribution in [0.25, 0.3) is 11.4 Å². The Morgan fingerprint density at radius 3 is 2.72 bits per heavy atom. The SMILES string of the molecule is Cc1ccccc1CNC(=O)CCc1nc(-c2ccccc2Cl)no1. The summed E-state index contributed by atoms with van der Waals surface area (Å²) in [6.45, 7) is 2.54. The molecule has 0 fully saturated rings. The topological polar surface area (TPSA) is 68.0 Å². The number of amides is 1. The van der Waals surface area contributed by atoms with Gasteiger partial charge in [0, 0.05) is 24.9 Å². The van der Waals surface area contributed by atoms with Gasteiger partial charge in [-0.15, -0.1) is 0 Å². The minimum absolute atomic E-state index is 0.0549. The van der Waals surface area contributed by atoms with Gasteiger partial charge in [-0.2, -0.15) is 4.98 Å². The van der Waals surface area contributed by atoms with E-state index in [9.17, 15) is 4.79 Å². The van der Waals surface area contributed by atoms with Gasteiger partial charge in [-0.3, -0.25) is 4.79 Å². The van der Waals surface area contributed by atoms with Crippen LogP contribution in [0.1, 0.15) is 23.4 Å². The van der Waals surface area contributed by atoms with Crippen molar-refractivity contribution in [3.8, 4) is 11.4 Å². The molecule has 1 N–H and O–H groups in total. The summed E-state index contributed by atoms with van der Waals surface area (Å²) >= 11 is 6.12. The molecule has 0 aliphatic carbocycles. The summed E-state index contributed by atoms with van der Waals surface area (Å²) in [6, 6.07) is 15.3. The van der Waals surface area contributed by atoms with Crippen molar-refractivity contribution in [2.75, 3.05) is 0 Å². The van der Waals surface area contributed by atoms with Gasteiger partial charge in [0.2, 0.25) is 17.6 Å². The zero-order chi connectivity index (χ0) is 17.6. The fourth-order valence-electron chi connectivity index (χ4n) is 2.42. The van der Waals surface area contributed by atoms with Crippen LogP contribution in [-0.4, -0.2) is 16.0 Å². The first kappa shape index (κ1) is 17.2. The lowest BCUT2D eigenvalue weighted by atomic mass is 10.1. The first-order valence-electron chi connectivity index (χ1n) is 8.02. The van der Waals surface area contributed by atoms with Crippen molar-refractivity contribution in [3.63, 3.8) is 0 Å². The normalized spacial score (nSPS) is 10.6. The molecule has 3 aromatic rings. The average Bonchev–Trinajstić information content (AvgIpc) is 3.08. The van der Waals surface area contributed by atoms with Crippen LogP contribution < -0.4 is 5.32 Å². The number of nitrogens with zero attached hydrogens (tertiary/aromatic N) is 2. The van der Waals surface area contributed by atoms with Gasteiger partial charge >= 0.3 is 0 Å². The first-order valence-corrected chi connectivity index (χ1v) is 8.40. The summed E-state index contributed by atoms with van der Waals surface area (Å²) in [5.41, 5.74) is 2.97. The maximum atomic E-state index is 12.0. The molecule has 3 rings (SSSR count). The Hall–Kier alpha value is -2.66. The number of aryl methyl sites for hydroxylation is 2. The molecule has 5 nitrogen and oxygen atoms in total. The minimum atomic E-state index is -0.0549. The number of halogens is 1. The second kappa shape index (κ2) is 7.94. The molecule has 1 amide bonds. The fraction of sp³-hybridized carbons (Fsp3) is 0.211. The van der Waals surface area contributed by atoms with E-state index >= 15 is 0 Å². The van der Waals surface area contributed by atoms with Crippen molar-refractivity contribution >= 4 is 17.5 Å². The summed E-state index contributed by atoms with van der Waals surface area (Å²) in [7, 11) is 0. The van der Waals surface area contributed by atoms with E-state index in [1.54, 1.807) is 6.07 Å². The van der Waals surface area contributed by atoms with E-state index in [0.717, 1.165) is 11.1 Å². The number of carbonyl (C=O) groups is 1. The lowest BCUT2D eigenvalue weighted by Crippen LogP contribution is -2.23. The number of rotatable bonds is 6. The van der Waals surface area contributed by atoms with Crippen molar-refractivity contribution in [2.24, 2.45) is 0 Å². The number of nitrogens with one attached hydrogen (secondary N) is 1. The van der Waals surface area contributed by atoms with Crippen molar-refractivity contribution < 1.29 is 9.32 Å². The zero-order valence-corrected chi connectivity index (χ0v) is 14.6. The first-order chi connectivity index (χ1) is 12.1.